The first-order chi connectivity index (χ1) is 5.29. The quantitative estimate of drug-likeness (QED) is 0.715. The predicted octanol–water partition coefficient (Wildman–Crippen LogP) is 1.85. The summed E-state index contributed by atoms with van der Waals surface area (Å²) in [6, 6.07) is 1.99. The minimum absolute atomic E-state index is 0.0449. The lowest BCUT2D eigenvalue weighted by Crippen LogP contribution is -2.10. The molecule has 0 radical (unpaired) electrons. The zero-order valence-electron chi connectivity index (χ0n) is 6.20. The van der Waals surface area contributed by atoms with E-state index in [9.17, 15) is 4.79 Å². The van der Waals surface area contributed by atoms with Crippen molar-refractivity contribution in [3.05, 3.63) is 28.6 Å². The van der Waals surface area contributed by atoms with E-state index >= 15 is 0 Å². The highest BCUT2D eigenvalue weighted by Crippen LogP contribution is 2.06. The molecule has 0 fully saturated rings. The molecule has 0 bridgehead atoms. The van der Waals surface area contributed by atoms with Gasteiger partial charge in [0.2, 0.25) is 5.91 Å². The van der Waals surface area contributed by atoms with Crippen LogP contribution in [0.25, 0.3) is 6.08 Å². The Hall–Kier alpha value is -1.09. The summed E-state index contributed by atoms with van der Waals surface area (Å²) >= 11 is 1.63. The third-order valence-electron chi connectivity index (χ3n) is 1.11. The van der Waals surface area contributed by atoms with Gasteiger partial charge in [-0.3, -0.25) is 4.79 Å². The molecule has 1 rings (SSSR count). The van der Waals surface area contributed by atoms with E-state index in [2.05, 4.69) is 5.32 Å². The number of carbonyl (C=O) groups is 1. The number of carbonyl (C=O) groups excluding carboxylic acids is 1. The summed E-state index contributed by atoms with van der Waals surface area (Å²) in [5.41, 5.74) is 1.11. The van der Waals surface area contributed by atoms with Gasteiger partial charge in [0.05, 0.1) is 0 Å². The van der Waals surface area contributed by atoms with Crippen molar-refractivity contribution in [1.82, 2.24) is 5.32 Å². The van der Waals surface area contributed by atoms with Gasteiger partial charge in [0.15, 0.2) is 0 Å². The summed E-state index contributed by atoms with van der Waals surface area (Å²) in [6.45, 7) is 1.48. The Bertz CT molecular complexity index is 251. The molecule has 1 N–H and O–H groups in total. The van der Waals surface area contributed by atoms with E-state index < -0.39 is 0 Å². The molecule has 11 heavy (non-hydrogen) atoms. The molecule has 0 spiro atoms. The first-order valence-corrected chi connectivity index (χ1v) is 4.19. The van der Waals surface area contributed by atoms with Crippen molar-refractivity contribution in [2.45, 2.75) is 6.92 Å². The zero-order valence-corrected chi connectivity index (χ0v) is 7.02. The van der Waals surface area contributed by atoms with Crippen molar-refractivity contribution < 1.29 is 4.79 Å². The van der Waals surface area contributed by atoms with Crippen LogP contribution in [-0.2, 0) is 4.79 Å². The molecule has 1 aromatic rings. The lowest BCUT2D eigenvalue weighted by Gasteiger charge is -1.88. The Morgan fingerprint density at radius 2 is 2.55 bits per heavy atom. The third kappa shape index (κ3) is 3.00. The van der Waals surface area contributed by atoms with E-state index in [0.717, 1.165) is 5.56 Å². The highest BCUT2D eigenvalue weighted by atomic mass is 32.1. The average Bonchev–Trinajstić information content (AvgIpc) is 2.39. The molecule has 0 aliphatic carbocycles. The molecule has 0 saturated heterocycles. The Morgan fingerprint density at radius 3 is 3.09 bits per heavy atom. The molecule has 1 heterocycles. The monoisotopic (exact) mass is 167 g/mol. The summed E-state index contributed by atoms with van der Waals surface area (Å²) in [4.78, 5) is 10.4. The Labute approximate surface area is 69.6 Å². The molecule has 0 saturated carbocycles. The molecule has 58 valence electrons. The summed E-state index contributed by atoms with van der Waals surface area (Å²) < 4.78 is 0. The van der Waals surface area contributed by atoms with Crippen molar-refractivity contribution in [2.24, 2.45) is 0 Å². The van der Waals surface area contributed by atoms with Crippen molar-refractivity contribution >= 4 is 23.3 Å². The second kappa shape index (κ2) is 3.93. The second-order valence-electron chi connectivity index (χ2n) is 2.09. The van der Waals surface area contributed by atoms with Crippen LogP contribution in [0.3, 0.4) is 0 Å². The second-order valence-corrected chi connectivity index (χ2v) is 2.87. The maximum atomic E-state index is 10.4. The first kappa shape index (κ1) is 8.01. The number of hydrogen-bond donors (Lipinski definition) is 1. The van der Waals surface area contributed by atoms with E-state index in [-0.39, 0.29) is 5.91 Å². The van der Waals surface area contributed by atoms with Gasteiger partial charge >= 0.3 is 0 Å². The highest BCUT2D eigenvalue weighted by Gasteiger charge is 1.85. The smallest absolute Gasteiger partial charge is 0.220 e. The van der Waals surface area contributed by atoms with Crippen LogP contribution in [0, 0.1) is 0 Å². The maximum Gasteiger partial charge on any atom is 0.220 e. The maximum absolute atomic E-state index is 10.4. The number of nitrogens with one attached hydrogen (secondary N) is 1. The van der Waals surface area contributed by atoms with Crippen molar-refractivity contribution in [3.63, 3.8) is 0 Å². The lowest BCUT2D eigenvalue weighted by molar-refractivity contribution is -0.118. The van der Waals surface area contributed by atoms with Crippen LogP contribution in [0.2, 0.25) is 0 Å². The summed E-state index contributed by atoms with van der Waals surface area (Å²) in [6.07, 6.45) is 3.50. The summed E-state index contributed by atoms with van der Waals surface area (Å²) in [7, 11) is 0. The van der Waals surface area contributed by atoms with Crippen LogP contribution in [0.4, 0.5) is 0 Å². The molecule has 1 aromatic heterocycles. The van der Waals surface area contributed by atoms with Crippen molar-refractivity contribution in [3.8, 4) is 0 Å². The normalized spacial score (nSPS) is 10.3. The van der Waals surface area contributed by atoms with E-state index in [1.54, 1.807) is 17.5 Å². The minimum Gasteiger partial charge on any atom is -0.333 e. The van der Waals surface area contributed by atoms with Gasteiger partial charge < -0.3 is 5.32 Å². The number of rotatable bonds is 2. The van der Waals surface area contributed by atoms with Gasteiger partial charge in [-0.15, -0.1) is 0 Å². The van der Waals surface area contributed by atoms with Gasteiger partial charge in [0.1, 0.15) is 0 Å². The first-order valence-electron chi connectivity index (χ1n) is 3.25. The van der Waals surface area contributed by atoms with Gasteiger partial charge in [-0.05, 0) is 28.5 Å². The Morgan fingerprint density at radius 1 is 1.73 bits per heavy atom. The van der Waals surface area contributed by atoms with Gasteiger partial charge in [-0.1, -0.05) is 0 Å². The van der Waals surface area contributed by atoms with Gasteiger partial charge in [0.25, 0.3) is 0 Å². The number of amides is 1. The zero-order chi connectivity index (χ0) is 8.10. The lowest BCUT2D eigenvalue weighted by atomic mass is 10.3. The number of thiophene rings is 1. The molecular weight excluding hydrogens is 158 g/mol. The predicted molar refractivity (Wildman–Crippen MR) is 47.2 cm³/mol. The van der Waals surface area contributed by atoms with Crippen molar-refractivity contribution in [2.75, 3.05) is 0 Å². The SMILES string of the molecule is CC(=O)N/C=C/c1ccsc1. The van der Waals surface area contributed by atoms with E-state index in [4.69, 9.17) is 0 Å². The summed E-state index contributed by atoms with van der Waals surface area (Å²) in [5, 5.41) is 6.57. The van der Waals surface area contributed by atoms with Crippen molar-refractivity contribution in [1.29, 1.82) is 0 Å². The molecule has 0 aromatic carbocycles. The van der Waals surface area contributed by atoms with Gasteiger partial charge in [0, 0.05) is 13.1 Å². The molecule has 0 unspecified atom stereocenters. The molecule has 0 aliphatic rings. The van der Waals surface area contributed by atoms with E-state index in [1.165, 1.54) is 6.92 Å². The molecule has 3 heteroatoms. The average molecular weight is 167 g/mol. The standard InChI is InChI=1S/C8H9NOS/c1-7(10)9-4-2-8-3-5-11-6-8/h2-6H,1H3,(H,9,10)/b4-2+. The fourth-order valence-corrected chi connectivity index (χ4v) is 1.25. The Kier molecular flexibility index (Phi) is 2.86. The number of hydrogen-bond acceptors (Lipinski definition) is 2. The highest BCUT2D eigenvalue weighted by molar-refractivity contribution is 7.08. The molecule has 0 atom stereocenters. The Balaban J connectivity index is 2.43. The fourth-order valence-electron chi connectivity index (χ4n) is 0.625. The van der Waals surface area contributed by atoms with Crippen LogP contribution >= 0.6 is 11.3 Å². The molecular formula is C8H9NOS. The largest absolute Gasteiger partial charge is 0.333 e. The third-order valence-corrected chi connectivity index (χ3v) is 1.81. The fraction of sp³-hybridized carbons (Fsp3) is 0.125. The van der Waals surface area contributed by atoms with Gasteiger partial charge in [-0.2, -0.15) is 11.3 Å². The topological polar surface area (TPSA) is 29.1 Å². The van der Waals surface area contributed by atoms with Crippen LogP contribution in [0.15, 0.2) is 23.0 Å². The summed E-state index contributed by atoms with van der Waals surface area (Å²) in [5.74, 6) is -0.0449. The minimum atomic E-state index is -0.0449. The van der Waals surface area contributed by atoms with Gasteiger partial charge in [-0.25, -0.2) is 0 Å². The van der Waals surface area contributed by atoms with Crippen LogP contribution < -0.4 is 5.32 Å². The molecule has 1 amide bonds. The molecule has 2 nitrogen and oxygen atoms in total. The molecule has 0 aliphatic heterocycles. The van der Waals surface area contributed by atoms with E-state index in [1.807, 2.05) is 22.9 Å². The van der Waals surface area contributed by atoms with Crippen LogP contribution in [-0.4, -0.2) is 5.91 Å². The van der Waals surface area contributed by atoms with E-state index in [0.29, 0.717) is 0 Å². The van der Waals surface area contributed by atoms with Crippen LogP contribution in [0.1, 0.15) is 12.5 Å². The van der Waals surface area contributed by atoms with Crippen LogP contribution in [0.5, 0.6) is 0 Å².